The highest BCUT2D eigenvalue weighted by molar-refractivity contribution is 6.34. The topological polar surface area (TPSA) is 80.9 Å². The van der Waals surface area contributed by atoms with E-state index in [0.29, 0.717) is 11.4 Å². The molecule has 3 rings (SSSR count). The number of aromatic carboxylic acids is 1. The highest BCUT2D eigenvalue weighted by Crippen LogP contribution is 2.26. The molecule has 0 aliphatic heterocycles. The predicted octanol–water partition coefficient (Wildman–Crippen LogP) is 5.64. The number of ether oxygens (including phenoxy) is 1. The van der Waals surface area contributed by atoms with Crippen molar-refractivity contribution < 1.29 is 19.4 Å². The molecule has 6 nitrogen and oxygen atoms in total. The summed E-state index contributed by atoms with van der Waals surface area (Å²) in [6.07, 6.45) is 1.68. The molecule has 1 aromatic heterocycles. The number of aryl methyl sites for hydroxylation is 1. The first kappa shape index (κ1) is 21.6. The molecule has 0 bridgehead atoms. The van der Waals surface area contributed by atoms with Crippen LogP contribution in [0.3, 0.4) is 0 Å². The van der Waals surface area contributed by atoms with Gasteiger partial charge in [0, 0.05) is 28.9 Å². The third kappa shape index (κ3) is 4.25. The van der Waals surface area contributed by atoms with Gasteiger partial charge in [-0.2, -0.15) is 0 Å². The summed E-state index contributed by atoms with van der Waals surface area (Å²) in [5, 5.41) is 9.80. The summed E-state index contributed by atoms with van der Waals surface area (Å²) in [5.41, 5.74) is 4.12. The minimum atomic E-state index is -1.09. The molecule has 0 amide bonds. The van der Waals surface area contributed by atoms with E-state index >= 15 is 0 Å². The van der Waals surface area contributed by atoms with E-state index in [1.165, 1.54) is 13.2 Å². The molecule has 30 heavy (non-hydrogen) atoms. The average Bonchev–Trinajstić information content (AvgIpc) is 3.00. The van der Waals surface area contributed by atoms with E-state index in [-0.39, 0.29) is 21.2 Å². The Morgan fingerprint density at radius 1 is 1.03 bits per heavy atom. The second-order valence-corrected chi connectivity index (χ2v) is 7.36. The van der Waals surface area contributed by atoms with Crippen molar-refractivity contribution in [3.63, 3.8) is 0 Å². The van der Waals surface area contributed by atoms with E-state index in [1.54, 1.807) is 36.5 Å². The highest BCUT2D eigenvalue weighted by atomic mass is 35.5. The number of methoxy groups -OCH3 is 1. The van der Waals surface area contributed by atoms with E-state index in [9.17, 15) is 14.7 Å². The third-order valence-electron chi connectivity index (χ3n) is 4.62. The lowest BCUT2D eigenvalue weighted by Crippen LogP contribution is -2.04. The Morgan fingerprint density at radius 3 is 2.37 bits per heavy atom. The summed E-state index contributed by atoms with van der Waals surface area (Å²) in [7, 11) is 1.29. The second kappa shape index (κ2) is 8.73. The number of carboxylic acid groups (broad SMARTS) is 1. The van der Waals surface area contributed by atoms with Crippen LogP contribution in [0.25, 0.3) is 5.69 Å². The predicted molar refractivity (Wildman–Crippen MR) is 117 cm³/mol. The normalized spacial score (nSPS) is 11.1. The number of carbonyl (C=O) groups is 2. The van der Waals surface area contributed by atoms with Gasteiger partial charge in [-0.3, -0.25) is 4.99 Å². The van der Waals surface area contributed by atoms with Gasteiger partial charge in [0.15, 0.2) is 0 Å². The summed E-state index contributed by atoms with van der Waals surface area (Å²) >= 11 is 12.0. The SMILES string of the molecule is COC(=O)c1cc(N=Cc2cc(C)n(-c3ccc(Cl)c(C(=O)O)c3)c2C)ccc1Cl. The van der Waals surface area contributed by atoms with Crippen molar-refractivity contribution in [3.8, 4) is 5.69 Å². The van der Waals surface area contributed by atoms with Gasteiger partial charge in [0.2, 0.25) is 0 Å². The van der Waals surface area contributed by atoms with Gasteiger partial charge in [0.25, 0.3) is 0 Å². The Balaban J connectivity index is 1.98. The molecule has 0 radical (unpaired) electrons. The van der Waals surface area contributed by atoms with Gasteiger partial charge in [-0.05, 0) is 56.3 Å². The molecule has 0 spiro atoms. The van der Waals surface area contributed by atoms with Crippen LogP contribution in [0.5, 0.6) is 0 Å². The molecule has 2 aromatic carbocycles. The van der Waals surface area contributed by atoms with Crippen LogP contribution in [0.1, 0.15) is 37.7 Å². The molecule has 0 aliphatic rings. The zero-order chi connectivity index (χ0) is 22.0. The van der Waals surface area contributed by atoms with E-state index in [4.69, 9.17) is 27.9 Å². The van der Waals surface area contributed by atoms with Crippen molar-refractivity contribution in [1.82, 2.24) is 4.57 Å². The van der Waals surface area contributed by atoms with Crippen molar-refractivity contribution >= 4 is 47.0 Å². The lowest BCUT2D eigenvalue weighted by molar-refractivity contribution is 0.0600. The second-order valence-electron chi connectivity index (χ2n) is 6.55. The number of halogens is 2. The molecule has 0 fully saturated rings. The van der Waals surface area contributed by atoms with E-state index in [2.05, 4.69) is 4.99 Å². The molecular formula is C22H18Cl2N2O4. The van der Waals surface area contributed by atoms with Crippen LogP contribution in [0.15, 0.2) is 47.5 Å². The van der Waals surface area contributed by atoms with Crippen LogP contribution >= 0.6 is 23.2 Å². The van der Waals surface area contributed by atoms with Gasteiger partial charge in [0.1, 0.15) is 0 Å². The van der Waals surface area contributed by atoms with E-state index in [0.717, 1.165) is 17.0 Å². The minimum absolute atomic E-state index is 0.0355. The van der Waals surface area contributed by atoms with Crippen LogP contribution in [-0.4, -0.2) is 34.9 Å². The molecule has 154 valence electrons. The van der Waals surface area contributed by atoms with Crippen LogP contribution < -0.4 is 0 Å². The summed E-state index contributed by atoms with van der Waals surface area (Å²) in [6.45, 7) is 3.82. The zero-order valence-electron chi connectivity index (χ0n) is 16.4. The number of aliphatic imine (C=N–C) groups is 1. The van der Waals surface area contributed by atoms with Gasteiger partial charge in [0.05, 0.1) is 34.0 Å². The number of hydrogen-bond acceptors (Lipinski definition) is 4. The quantitative estimate of drug-likeness (QED) is 0.407. The number of benzene rings is 2. The smallest absolute Gasteiger partial charge is 0.339 e. The van der Waals surface area contributed by atoms with Crippen molar-refractivity contribution in [3.05, 3.63) is 80.6 Å². The Kier molecular flexibility index (Phi) is 6.29. The summed E-state index contributed by atoms with van der Waals surface area (Å²) < 4.78 is 6.65. The first-order chi connectivity index (χ1) is 14.2. The van der Waals surface area contributed by atoms with Crippen molar-refractivity contribution in [2.45, 2.75) is 13.8 Å². The van der Waals surface area contributed by atoms with Crippen molar-refractivity contribution in [2.75, 3.05) is 7.11 Å². The Labute approximate surface area is 183 Å². The molecule has 1 N–H and O–H groups in total. The maximum absolute atomic E-state index is 11.8. The number of hydrogen-bond donors (Lipinski definition) is 1. The van der Waals surface area contributed by atoms with Crippen LogP contribution in [0.4, 0.5) is 5.69 Å². The molecule has 0 saturated heterocycles. The van der Waals surface area contributed by atoms with Crippen LogP contribution in [0, 0.1) is 13.8 Å². The fourth-order valence-corrected chi connectivity index (χ4v) is 3.53. The average molecular weight is 445 g/mol. The largest absolute Gasteiger partial charge is 0.478 e. The summed E-state index contributed by atoms with van der Waals surface area (Å²) in [5.74, 6) is -1.62. The zero-order valence-corrected chi connectivity index (χ0v) is 18.0. The Bertz CT molecular complexity index is 1180. The highest BCUT2D eigenvalue weighted by Gasteiger charge is 2.15. The van der Waals surface area contributed by atoms with Gasteiger partial charge in [-0.15, -0.1) is 0 Å². The number of carboxylic acids is 1. The van der Waals surface area contributed by atoms with Crippen LogP contribution in [-0.2, 0) is 4.74 Å². The van der Waals surface area contributed by atoms with Crippen LogP contribution in [0.2, 0.25) is 10.0 Å². The van der Waals surface area contributed by atoms with E-state index < -0.39 is 11.9 Å². The van der Waals surface area contributed by atoms with Gasteiger partial charge < -0.3 is 14.4 Å². The molecule has 1 heterocycles. The number of rotatable bonds is 5. The molecule has 0 unspecified atom stereocenters. The lowest BCUT2D eigenvalue weighted by Gasteiger charge is -2.11. The Hall–Kier alpha value is -3.09. The van der Waals surface area contributed by atoms with Crippen molar-refractivity contribution in [2.24, 2.45) is 4.99 Å². The molecule has 8 heteroatoms. The van der Waals surface area contributed by atoms with Gasteiger partial charge in [-0.25, -0.2) is 9.59 Å². The number of carbonyl (C=O) groups excluding carboxylic acids is 1. The lowest BCUT2D eigenvalue weighted by atomic mass is 10.2. The fraction of sp³-hybridized carbons (Fsp3) is 0.136. The summed E-state index contributed by atoms with van der Waals surface area (Å²) in [6, 6.07) is 11.6. The molecule has 0 atom stereocenters. The molecule has 0 aliphatic carbocycles. The summed E-state index contributed by atoms with van der Waals surface area (Å²) in [4.78, 5) is 27.7. The standard InChI is InChI=1S/C22H18Cl2N2O4/c1-12-8-14(11-25-15-4-6-20(24)18(9-15)22(29)30-3)13(2)26(12)16-5-7-19(23)17(10-16)21(27)28/h4-11H,1-3H3,(H,27,28). The first-order valence-corrected chi connectivity index (χ1v) is 9.62. The third-order valence-corrected chi connectivity index (χ3v) is 5.28. The Morgan fingerprint density at radius 2 is 1.70 bits per heavy atom. The maximum Gasteiger partial charge on any atom is 0.339 e. The monoisotopic (exact) mass is 444 g/mol. The van der Waals surface area contributed by atoms with E-state index in [1.807, 2.05) is 24.5 Å². The maximum atomic E-state index is 11.8. The number of nitrogens with zero attached hydrogens (tertiary/aromatic N) is 2. The molecular weight excluding hydrogens is 427 g/mol. The van der Waals surface area contributed by atoms with Gasteiger partial charge >= 0.3 is 11.9 Å². The fourth-order valence-electron chi connectivity index (χ4n) is 3.14. The van der Waals surface area contributed by atoms with Gasteiger partial charge in [-0.1, -0.05) is 23.2 Å². The first-order valence-electron chi connectivity index (χ1n) is 8.87. The number of aromatic nitrogens is 1. The number of esters is 1. The minimum Gasteiger partial charge on any atom is -0.478 e. The molecule has 3 aromatic rings. The molecule has 0 saturated carbocycles. The van der Waals surface area contributed by atoms with Crippen molar-refractivity contribution in [1.29, 1.82) is 0 Å².